The molecule has 1 saturated heterocycles. The van der Waals surface area contributed by atoms with E-state index >= 15 is 0 Å². The molecule has 2 aliphatic rings. The van der Waals surface area contributed by atoms with E-state index in [0.717, 1.165) is 12.8 Å². The summed E-state index contributed by atoms with van der Waals surface area (Å²) in [6, 6.07) is 9.90. The summed E-state index contributed by atoms with van der Waals surface area (Å²) < 4.78 is 7.73. The van der Waals surface area contributed by atoms with Crippen LogP contribution in [0.2, 0.25) is 0 Å². The standard InChI is InChI=1S/C21H19BrN2O5/c1-20-8-9-21(29-20,10-11-22)17-16(20)18(25)23(19(17)26)14-6-7-15(24(27)28)13-5-3-2-4-12(13)14/h2-7,25-26H,8-11H2,1H3/t20-,21-/m1/s1. The number of benzene rings is 2. The van der Waals surface area contributed by atoms with Gasteiger partial charge in [-0.2, -0.15) is 0 Å². The third-order valence-corrected chi connectivity index (χ3v) is 6.74. The highest BCUT2D eigenvalue weighted by molar-refractivity contribution is 9.09. The number of fused-ring (bicyclic) bond motifs is 6. The minimum absolute atomic E-state index is 0.0193. The fourth-order valence-electron chi connectivity index (χ4n) is 5.11. The van der Waals surface area contributed by atoms with Crippen molar-refractivity contribution in [2.45, 2.75) is 37.4 Å². The summed E-state index contributed by atoms with van der Waals surface area (Å²) in [4.78, 5) is 11.0. The first-order valence-electron chi connectivity index (χ1n) is 9.43. The summed E-state index contributed by atoms with van der Waals surface area (Å²) in [5.74, 6) is -0.143. The third-order valence-electron chi connectivity index (χ3n) is 6.35. The van der Waals surface area contributed by atoms with Crippen LogP contribution >= 0.6 is 15.9 Å². The van der Waals surface area contributed by atoms with Crippen molar-refractivity contribution in [3.05, 3.63) is 57.6 Å². The summed E-state index contributed by atoms with van der Waals surface area (Å²) in [5, 5.41) is 35.6. The summed E-state index contributed by atoms with van der Waals surface area (Å²) in [5.41, 5.74) is 0.412. The van der Waals surface area contributed by atoms with Crippen LogP contribution in [0.3, 0.4) is 0 Å². The van der Waals surface area contributed by atoms with Gasteiger partial charge in [0.25, 0.3) is 5.69 Å². The number of nitrogens with zero attached hydrogens (tertiary/aromatic N) is 2. The molecule has 2 N–H and O–H groups in total. The Bertz CT molecular complexity index is 1190. The van der Waals surface area contributed by atoms with Gasteiger partial charge in [-0.1, -0.05) is 34.1 Å². The van der Waals surface area contributed by atoms with E-state index in [1.165, 1.54) is 10.6 Å². The van der Waals surface area contributed by atoms with Gasteiger partial charge in [0.2, 0.25) is 11.8 Å². The highest BCUT2D eigenvalue weighted by Gasteiger charge is 2.61. The van der Waals surface area contributed by atoms with Gasteiger partial charge in [-0.25, -0.2) is 0 Å². The van der Waals surface area contributed by atoms with Crippen LogP contribution in [0.15, 0.2) is 36.4 Å². The molecule has 0 saturated carbocycles. The van der Waals surface area contributed by atoms with Crippen molar-refractivity contribution in [2.24, 2.45) is 0 Å². The van der Waals surface area contributed by atoms with Crippen molar-refractivity contribution in [1.82, 2.24) is 4.57 Å². The Kier molecular flexibility index (Phi) is 3.79. The molecular formula is C21H19BrN2O5. The smallest absolute Gasteiger partial charge is 0.277 e. The van der Waals surface area contributed by atoms with Crippen molar-refractivity contribution < 1.29 is 19.9 Å². The van der Waals surface area contributed by atoms with Gasteiger partial charge >= 0.3 is 0 Å². The quantitative estimate of drug-likeness (QED) is 0.326. The van der Waals surface area contributed by atoms with Gasteiger partial charge in [-0.05, 0) is 38.3 Å². The Morgan fingerprint density at radius 2 is 1.83 bits per heavy atom. The minimum Gasteiger partial charge on any atom is -0.494 e. The number of non-ortho nitro benzene ring substituents is 1. The predicted molar refractivity (Wildman–Crippen MR) is 111 cm³/mol. The van der Waals surface area contributed by atoms with E-state index in [-0.39, 0.29) is 17.4 Å². The van der Waals surface area contributed by atoms with Crippen molar-refractivity contribution in [3.63, 3.8) is 0 Å². The van der Waals surface area contributed by atoms with Crippen molar-refractivity contribution in [1.29, 1.82) is 0 Å². The predicted octanol–water partition coefficient (Wildman–Crippen LogP) is 4.97. The van der Waals surface area contributed by atoms with E-state index in [9.17, 15) is 20.3 Å². The zero-order valence-electron chi connectivity index (χ0n) is 15.7. The second-order valence-corrected chi connectivity index (χ2v) is 8.70. The number of rotatable bonds is 4. The van der Waals surface area contributed by atoms with Gasteiger partial charge in [0.1, 0.15) is 5.60 Å². The topological polar surface area (TPSA) is 97.8 Å². The molecule has 29 heavy (non-hydrogen) atoms. The van der Waals surface area contributed by atoms with Crippen molar-refractivity contribution in [2.75, 3.05) is 5.33 Å². The van der Waals surface area contributed by atoms with Crippen LogP contribution in [0.5, 0.6) is 11.8 Å². The zero-order valence-corrected chi connectivity index (χ0v) is 17.3. The Balaban J connectivity index is 1.82. The first-order chi connectivity index (χ1) is 13.8. The second-order valence-electron chi connectivity index (χ2n) is 7.91. The molecule has 150 valence electrons. The van der Waals surface area contributed by atoms with Crippen LogP contribution in [-0.2, 0) is 15.9 Å². The molecule has 2 atom stereocenters. The zero-order chi connectivity index (χ0) is 20.6. The lowest BCUT2D eigenvalue weighted by atomic mass is 9.78. The van der Waals surface area contributed by atoms with E-state index in [0.29, 0.717) is 39.3 Å². The van der Waals surface area contributed by atoms with Crippen molar-refractivity contribution >= 4 is 32.4 Å². The molecule has 0 aliphatic carbocycles. The molecule has 0 amide bonds. The Hall–Kier alpha value is -2.58. The normalized spacial score (nSPS) is 24.9. The van der Waals surface area contributed by atoms with Gasteiger partial charge in [0.15, 0.2) is 0 Å². The average molecular weight is 459 g/mol. The number of hydrogen-bond acceptors (Lipinski definition) is 5. The first kappa shape index (κ1) is 18.4. The van der Waals surface area contributed by atoms with Crippen LogP contribution in [0.1, 0.15) is 37.3 Å². The monoisotopic (exact) mass is 458 g/mol. The Morgan fingerprint density at radius 3 is 2.52 bits per heavy atom. The van der Waals surface area contributed by atoms with E-state index < -0.39 is 16.1 Å². The summed E-state index contributed by atoms with van der Waals surface area (Å²) in [6.07, 6.45) is 2.19. The highest BCUT2D eigenvalue weighted by Crippen LogP contribution is 2.65. The lowest BCUT2D eigenvalue weighted by molar-refractivity contribution is -0.383. The maximum atomic E-state index is 11.4. The Morgan fingerprint density at radius 1 is 1.14 bits per heavy atom. The maximum absolute atomic E-state index is 11.4. The van der Waals surface area contributed by atoms with Gasteiger partial charge in [-0.15, -0.1) is 0 Å². The number of hydrogen-bond donors (Lipinski definition) is 2. The van der Waals surface area contributed by atoms with Gasteiger partial charge in [0.05, 0.1) is 32.7 Å². The molecule has 2 aliphatic heterocycles. The van der Waals surface area contributed by atoms with Gasteiger partial charge in [0, 0.05) is 16.8 Å². The number of ether oxygens (including phenoxy) is 1. The molecule has 3 heterocycles. The number of halogens is 1. The second kappa shape index (κ2) is 5.96. The molecule has 2 aromatic carbocycles. The van der Waals surface area contributed by atoms with Crippen molar-refractivity contribution in [3.8, 4) is 17.4 Å². The largest absolute Gasteiger partial charge is 0.494 e. The fraction of sp³-hybridized carbons (Fsp3) is 0.333. The van der Waals surface area contributed by atoms with Crippen LogP contribution in [0.25, 0.3) is 16.5 Å². The molecule has 0 spiro atoms. The number of aromatic hydroxyl groups is 2. The summed E-state index contributed by atoms with van der Waals surface area (Å²) in [6.45, 7) is 1.94. The molecule has 0 unspecified atom stereocenters. The van der Waals surface area contributed by atoms with E-state index in [1.807, 2.05) is 6.92 Å². The van der Waals surface area contributed by atoms with Crippen LogP contribution < -0.4 is 0 Å². The van der Waals surface area contributed by atoms with Gasteiger partial charge < -0.3 is 14.9 Å². The molecule has 0 radical (unpaired) electrons. The number of aromatic nitrogens is 1. The molecule has 2 bridgehead atoms. The summed E-state index contributed by atoms with van der Waals surface area (Å²) >= 11 is 3.48. The minimum atomic E-state index is -0.666. The fourth-order valence-corrected chi connectivity index (χ4v) is 5.75. The maximum Gasteiger partial charge on any atom is 0.277 e. The molecule has 8 heteroatoms. The van der Waals surface area contributed by atoms with E-state index in [2.05, 4.69) is 15.9 Å². The van der Waals surface area contributed by atoms with Crippen LogP contribution in [0.4, 0.5) is 5.69 Å². The first-order valence-corrected chi connectivity index (χ1v) is 10.6. The number of nitro benzene ring substituents is 1. The van der Waals surface area contributed by atoms with Crippen LogP contribution in [-0.4, -0.2) is 25.0 Å². The van der Waals surface area contributed by atoms with E-state index in [1.54, 1.807) is 30.3 Å². The molecule has 7 nitrogen and oxygen atoms in total. The number of nitro groups is 1. The highest BCUT2D eigenvalue weighted by atomic mass is 79.9. The Labute approximate surface area is 174 Å². The van der Waals surface area contributed by atoms with E-state index in [4.69, 9.17) is 4.74 Å². The molecule has 1 fully saturated rings. The lowest BCUT2D eigenvalue weighted by Crippen LogP contribution is -2.23. The molecule has 1 aromatic heterocycles. The van der Waals surface area contributed by atoms with Crippen LogP contribution in [0, 0.1) is 10.1 Å². The molecule has 5 rings (SSSR count). The third kappa shape index (κ3) is 2.27. The van der Waals surface area contributed by atoms with Gasteiger partial charge in [-0.3, -0.25) is 14.7 Å². The average Bonchev–Trinajstić information content (AvgIpc) is 3.26. The summed E-state index contributed by atoms with van der Waals surface area (Å²) in [7, 11) is 0. The molecular weight excluding hydrogens is 440 g/mol. The lowest BCUT2D eigenvalue weighted by Gasteiger charge is -2.25. The SMILES string of the molecule is C[C@]12CC[C@](CCBr)(O1)c1c2c(O)n(-c2ccc([N+](=O)[O-])c3ccccc23)c1O. The number of alkyl halides is 1. The molecule has 3 aromatic rings.